The zero-order valence-corrected chi connectivity index (χ0v) is 22.6. The van der Waals surface area contributed by atoms with E-state index in [2.05, 4.69) is 50.7 Å². The molecule has 2 fully saturated rings. The van der Waals surface area contributed by atoms with Gasteiger partial charge in [0.1, 0.15) is 5.82 Å². The van der Waals surface area contributed by atoms with Gasteiger partial charge in [0.2, 0.25) is 0 Å². The van der Waals surface area contributed by atoms with Crippen molar-refractivity contribution >= 4 is 35.6 Å². The summed E-state index contributed by atoms with van der Waals surface area (Å²) in [5, 5.41) is 3.44. The van der Waals surface area contributed by atoms with Gasteiger partial charge in [0.25, 0.3) is 0 Å². The fourth-order valence-corrected chi connectivity index (χ4v) is 4.76. The molecular weight excluding hydrogens is 518 g/mol. The minimum absolute atomic E-state index is 0. The van der Waals surface area contributed by atoms with Gasteiger partial charge in [-0.15, -0.1) is 24.0 Å². The van der Waals surface area contributed by atoms with Crippen molar-refractivity contribution in [1.29, 1.82) is 0 Å². The molecule has 6 nitrogen and oxygen atoms in total. The van der Waals surface area contributed by atoms with E-state index in [1.54, 1.807) is 6.07 Å². The summed E-state index contributed by atoms with van der Waals surface area (Å²) in [6, 6.07) is 5.65. The highest BCUT2D eigenvalue weighted by Gasteiger charge is 2.26. The van der Waals surface area contributed by atoms with Crippen LogP contribution in [0.4, 0.5) is 10.1 Å². The molecule has 2 heterocycles. The van der Waals surface area contributed by atoms with Crippen LogP contribution in [0.5, 0.6) is 0 Å². The number of benzene rings is 1. The molecule has 32 heavy (non-hydrogen) atoms. The maximum absolute atomic E-state index is 14.8. The van der Waals surface area contributed by atoms with Gasteiger partial charge in [-0.2, -0.15) is 0 Å². The molecule has 8 heteroatoms. The Morgan fingerprint density at radius 3 is 2.44 bits per heavy atom. The Hall–Kier alpha value is -1.13. The van der Waals surface area contributed by atoms with Crippen LogP contribution in [0, 0.1) is 11.7 Å². The van der Waals surface area contributed by atoms with Gasteiger partial charge in [0.05, 0.1) is 5.69 Å². The average molecular weight is 561 g/mol. The van der Waals surface area contributed by atoms with Crippen molar-refractivity contribution in [1.82, 2.24) is 20.0 Å². The number of aliphatic imine (C=N–C) groups is 1. The quantitative estimate of drug-likeness (QED) is 0.300. The van der Waals surface area contributed by atoms with Crippen LogP contribution in [-0.2, 0) is 6.54 Å². The van der Waals surface area contributed by atoms with Crippen molar-refractivity contribution < 1.29 is 4.39 Å². The Balaban J connectivity index is 0.00000363. The molecule has 0 spiro atoms. The van der Waals surface area contributed by atoms with Gasteiger partial charge in [0.15, 0.2) is 5.96 Å². The highest BCUT2D eigenvalue weighted by atomic mass is 127. The van der Waals surface area contributed by atoms with Crippen LogP contribution >= 0.6 is 24.0 Å². The highest BCUT2D eigenvalue weighted by molar-refractivity contribution is 14.0. The maximum Gasteiger partial charge on any atom is 0.193 e. The first-order chi connectivity index (χ1) is 15.1. The average Bonchev–Trinajstić information content (AvgIpc) is 3.26. The minimum Gasteiger partial charge on any atom is -0.367 e. The molecule has 2 aliphatic rings. The van der Waals surface area contributed by atoms with Gasteiger partial charge in [-0.05, 0) is 49.7 Å². The van der Waals surface area contributed by atoms with Gasteiger partial charge < -0.3 is 24.9 Å². The third-order valence-corrected chi connectivity index (χ3v) is 6.83. The molecule has 0 aromatic heterocycles. The molecule has 0 radical (unpaired) electrons. The number of likely N-dealkylation sites (tertiary alicyclic amines) is 1. The molecule has 1 aromatic rings. The number of piperazine rings is 1. The Labute approximate surface area is 211 Å². The second-order valence-corrected chi connectivity index (χ2v) is 8.69. The summed E-state index contributed by atoms with van der Waals surface area (Å²) in [5.74, 6) is 1.48. The molecular formula is C24H42FIN6. The van der Waals surface area contributed by atoms with Crippen molar-refractivity contribution in [2.24, 2.45) is 10.9 Å². The zero-order chi connectivity index (χ0) is 22.2. The number of hydrogen-bond acceptors (Lipinski definition) is 4. The molecule has 1 N–H and O–H groups in total. The van der Waals surface area contributed by atoms with Crippen LogP contribution in [0.25, 0.3) is 0 Å². The zero-order valence-electron chi connectivity index (χ0n) is 20.3. The van der Waals surface area contributed by atoms with E-state index < -0.39 is 0 Å². The number of nitrogens with one attached hydrogen (secondary N) is 1. The standard InChI is InChI=1S/C24H41FN6.HI/c1-5-28(6-2)18-21-10-11-31(19-21)24(26-4)27-17-20-8-9-23(22(25)16-20)30-14-12-29(7-3)13-15-30;/h8-9,16,21H,5-7,10-15,17-19H2,1-4H3,(H,26,27);1H. The van der Waals surface area contributed by atoms with E-state index in [0.717, 1.165) is 82.7 Å². The number of halogens is 2. The summed E-state index contributed by atoms with van der Waals surface area (Å²) in [6.07, 6.45) is 1.20. The van der Waals surface area contributed by atoms with Crippen LogP contribution in [-0.4, -0.2) is 93.2 Å². The van der Waals surface area contributed by atoms with E-state index in [-0.39, 0.29) is 29.8 Å². The van der Waals surface area contributed by atoms with E-state index >= 15 is 0 Å². The van der Waals surface area contributed by atoms with Crippen molar-refractivity contribution in [3.8, 4) is 0 Å². The minimum atomic E-state index is -0.125. The fourth-order valence-electron chi connectivity index (χ4n) is 4.76. The molecule has 0 aliphatic carbocycles. The van der Waals surface area contributed by atoms with Crippen molar-refractivity contribution in [2.45, 2.75) is 33.7 Å². The van der Waals surface area contributed by atoms with E-state index in [4.69, 9.17) is 0 Å². The van der Waals surface area contributed by atoms with Crippen molar-refractivity contribution in [3.63, 3.8) is 0 Å². The Bertz CT molecular complexity index is 718. The monoisotopic (exact) mass is 560 g/mol. The molecule has 3 rings (SSSR count). The number of rotatable bonds is 8. The van der Waals surface area contributed by atoms with Gasteiger partial charge >= 0.3 is 0 Å². The summed E-state index contributed by atoms with van der Waals surface area (Å²) in [4.78, 5) is 13.9. The lowest BCUT2D eigenvalue weighted by Crippen LogP contribution is -2.46. The van der Waals surface area contributed by atoms with Gasteiger partial charge in [-0.1, -0.05) is 26.8 Å². The molecule has 0 amide bonds. The first-order valence-electron chi connectivity index (χ1n) is 12.0. The smallest absolute Gasteiger partial charge is 0.193 e. The third-order valence-electron chi connectivity index (χ3n) is 6.83. The highest BCUT2D eigenvalue weighted by Crippen LogP contribution is 2.22. The predicted molar refractivity (Wildman–Crippen MR) is 144 cm³/mol. The van der Waals surface area contributed by atoms with Crippen LogP contribution in [0.3, 0.4) is 0 Å². The number of nitrogens with zero attached hydrogens (tertiary/aromatic N) is 5. The molecule has 2 saturated heterocycles. The normalized spacial score (nSPS) is 20.1. The SMILES string of the molecule is CCN1CCN(c2ccc(CNC(=NC)N3CCC(CN(CC)CC)C3)cc2F)CC1.I. The maximum atomic E-state index is 14.8. The Kier molecular flexibility index (Phi) is 11.5. The second-order valence-electron chi connectivity index (χ2n) is 8.69. The molecule has 1 unspecified atom stereocenters. The molecule has 2 aliphatic heterocycles. The Morgan fingerprint density at radius 2 is 1.84 bits per heavy atom. The molecule has 0 bridgehead atoms. The lowest BCUT2D eigenvalue weighted by atomic mass is 10.1. The topological polar surface area (TPSA) is 37.4 Å². The fraction of sp³-hybridized carbons (Fsp3) is 0.708. The van der Waals surface area contributed by atoms with Gasteiger partial charge in [-0.25, -0.2) is 4.39 Å². The number of guanidine groups is 1. The molecule has 1 atom stereocenters. The first-order valence-corrected chi connectivity index (χ1v) is 12.0. The molecule has 0 saturated carbocycles. The second kappa shape index (κ2) is 13.5. The largest absolute Gasteiger partial charge is 0.367 e. The van der Waals surface area contributed by atoms with Crippen molar-refractivity contribution in [3.05, 3.63) is 29.6 Å². The van der Waals surface area contributed by atoms with Crippen molar-refractivity contribution in [2.75, 3.05) is 77.4 Å². The third kappa shape index (κ3) is 7.18. The predicted octanol–water partition coefficient (Wildman–Crippen LogP) is 3.32. The molecule has 1 aromatic carbocycles. The summed E-state index contributed by atoms with van der Waals surface area (Å²) in [5.41, 5.74) is 1.68. The lowest BCUT2D eigenvalue weighted by Gasteiger charge is -2.35. The Morgan fingerprint density at radius 1 is 1.12 bits per heavy atom. The summed E-state index contributed by atoms with van der Waals surface area (Å²) in [6.45, 7) is 17.5. The molecule has 182 valence electrons. The van der Waals surface area contributed by atoms with E-state index in [1.807, 2.05) is 19.2 Å². The van der Waals surface area contributed by atoms with Crippen LogP contribution in [0.2, 0.25) is 0 Å². The van der Waals surface area contributed by atoms with Gasteiger partial charge in [0, 0.05) is 59.4 Å². The number of anilines is 1. The van der Waals surface area contributed by atoms with Crippen LogP contribution < -0.4 is 10.2 Å². The summed E-state index contributed by atoms with van der Waals surface area (Å²) >= 11 is 0. The summed E-state index contributed by atoms with van der Waals surface area (Å²) in [7, 11) is 1.83. The van der Waals surface area contributed by atoms with Gasteiger partial charge in [-0.3, -0.25) is 4.99 Å². The van der Waals surface area contributed by atoms with Crippen LogP contribution in [0.1, 0.15) is 32.8 Å². The van der Waals surface area contributed by atoms with E-state index in [1.165, 1.54) is 6.42 Å². The van der Waals surface area contributed by atoms with E-state index in [0.29, 0.717) is 12.5 Å². The summed E-state index contributed by atoms with van der Waals surface area (Å²) < 4.78 is 14.8. The number of likely N-dealkylation sites (N-methyl/N-ethyl adjacent to an activating group) is 1. The first kappa shape index (κ1) is 27.1. The lowest BCUT2D eigenvalue weighted by molar-refractivity contribution is 0.255. The van der Waals surface area contributed by atoms with E-state index in [9.17, 15) is 4.39 Å². The van der Waals surface area contributed by atoms with Crippen LogP contribution in [0.15, 0.2) is 23.2 Å². The number of hydrogen-bond donors (Lipinski definition) is 1.